The van der Waals surface area contributed by atoms with Gasteiger partial charge in [0.1, 0.15) is 5.52 Å². The summed E-state index contributed by atoms with van der Waals surface area (Å²) < 4.78 is 4.69. The molecule has 0 amide bonds. The lowest BCUT2D eigenvalue weighted by Gasteiger charge is -2.33. The fourth-order valence-electron chi connectivity index (χ4n) is 6.61. The quantitative estimate of drug-likeness (QED) is 0.247. The van der Waals surface area contributed by atoms with Crippen molar-refractivity contribution in [3.05, 3.63) is 77.9 Å². The van der Waals surface area contributed by atoms with Crippen molar-refractivity contribution in [3.63, 3.8) is 0 Å². The Morgan fingerprint density at radius 2 is 1.43 bits per heavy atom. The Hall–Kier alpha value is -3.86. The third kappa shape index (κ3) is 2.59. The maximum absolute atomic E-state index is 4.76. The van der Waals surface area contributed by atoms with Gasteiger partial charge >= 0.3 is 6.85 Å². The molecule has 4 nitrogen and oxygen atoms in total. The fourth-order valence-corrected chi connectivity index (χ4v) is 6.61. The largest absolute Gasteiger partial charge is 0.356 e. The van der Waals surface area contributed by atoms with E-state index < -0.39 is 0 Å². The first kappa shape index (κ1) is 21.3. The van der Waals surface area contributed by atoms with Crippen LogP contribution in [0, 0.1) is 0 Å². The average molecular weight is 480 g/mol. The Bertz CT molecular complexity index is 1960. The lowest BCUT2D eigenvalue weighted by molar-refractivity contribution is 0.590. The normalized spacial score (nSPS) is 14.2. The van der Waals surface area contributed by atoms with Gasteiger partial charge in [0, 0.05) is 22.0 Å². The number of para-hydroxylation sites is 1. The van der Waals surface area contributed by atoms with E-state index in [-0.39, 0.29) is 17.7 Å². The lowest BCUT2D eigenvalue weighted by atomic mass is 9.46. The van der Waals surface area contributed by atoms with Crippen molar-refractivity contribution in [2.24, 2.45) is 0 Å². The highest BCUT2D eigenvalue weighted by Crippen LogP contribution is 2.41. The second-order valence-electron chi connectivity index (χ2n) is 12.9. The minimum Gasteiger partial charge on any atom is -0.310 e. The van der Waals surface area contributed by atoms with Gasteiger partial charge in [-0.05, 0) is 68.8 Å². The number of nitrogens with zero attached hydrogens (tertiary/aromatic N) is 4. The van der Waals surface area contributed by atoms with Crippen molar-refractivity contribution in [2.45, 2.75) is 52.4 Å². The van der Waals surface area contributed by atoms with Gasteiger partial charge < -0.3 is 4.57 Å². The minimum atomic E-state index is -0.00482. The van der Waals surface area contributed by atoms with Gasteiger partial charge in [-0.2, -0.15) is 0 Å². The molecule has 180 valence electrons. The molecule has 4 aromatic carbocycles. The molecule has 2 aliphatic rings. The molecule has 0 aliphatic carbocycles. The van der Waals surface area contributed by atoms with Gasteiger partial charge in [0.05, 0.1) is 16.6 Å². The van der Waals surface area contributed by atoms with Gasteiger partial charge in [0.2, 0.25) is 0 Å². The first-order valence-electron chi connectivity index (χ1n) is 13.2. The predicted octanol–water partition coefficient (Wildman–Crippen LogP) is 6.07. The van der Waals surface area contributed by atoms with Crippen molar-refractivity contribution < 1.29 is 0 Å². The number of rotatable bonds is 0. The van der Waals surface area contributed by atoms with E-state index in [1.807, 2.05) is 0 Å². The molecular weight excluding hydrogens is 451 g/mol. The Balaban J connectivity index is 1.61. The maximum Gasteiger partial charge on any atom is 0.356 e. The zero-order valence-electron chi connectivity index (χ0n) is 22.2. The minimum absolute atomic E-state index is 0.00482. The van der Waals surface area contributed by atoms with Crippen molar-refractivity contribution in [1.82, 2.24) is 19.5 Å². The first-order chi connectivity index (χ1) is 17.6. The number of aromatic nitrogens is 4. The van der Waals surface area contributed by atoms with E-state index >= 15 is 0 Å². The molecule has 0 saturated heterocycles. The van der Waals surface area contributed by atoms with Crippen LogP contribution in [0.3, 0.4) is 0 Å². The summed E-state index contributed by atoms with van der Waals surface area (Å²) in [7, 11) is 0. The zero-order chi connectivity index (χ0) is 25.4. The smallest absolute Gasteiger partial charge is 0.310 e. The van der Waals surface area contributed by atoms with Crippen LogP contribution in [0.4, 0.5) is 0 Å². The van der Waals surface area contributed by atoms with Gasteiger partial charge in [-0.25, -0.2) is 0 Å². The molecule has 6 aromatic rings. The van der Waals surface area contributed by atoms with Crippen molar-refractivity contribution in [1.29, 1.82) is 0 Å². The SMILES string of the molecule is CC(C)(C)c1ccc2c(c1)c1cc(C(C)(C)C)cc3c1n2-c1cccc2c1B3n1nnc3cccc-2c31. The molecule has 0 N–H and O–H groups in total. The molecule has 0 fully saturated rings. The van der Waals surface area contributed by atoms with Crippen LogP contribution in [0.1, 0.15) is 52.7 Å². The lowest BCUT2D eigenvalue weighted by Crippen LogP contribution is -2.56. The van der Waals surface area contributed by atoms with E-state index in [9.17, 15) is 0 Å². The molecule has 2 aromatic heterocycles. The molecule has 0 bridgehead atoms. The van der Waals surface area contributed by atoms with Crippen molar-refractivity contribution in [3.8, 4) is 16.8 Å². The molecule has 2 aliphatic heterocycles. The highest BCUT2D eigenvalue weighted by Gasteiger charge is 2.42. The summed E-state index contributed by atoms with van der Waals surface area (Å²) in [5, 5.41) is 12.0. The Morgan fingerprint density at radius 3 is 2.22 bits per heavy atom. The van der Waals surface area contributed by atoms with Crippen LogP contribution in [0.5, 0.6) is 0 Å². The van der Waals surface area contributed by atoms with E-state index in [4.69, 9.17) is 5.21 Å². The van der Waals surface area contributed by atoms with Crippen LogP contribution < -0.4 is 10.9 Å². The van der Waals surface area contributed by atoms with Crippen molar-refractivity contribution >= 4 is 50.6 Å². The van der Waals surface area contributed by atoms with Crippen LogP contribution in [0.15, 0.2) is 66.7 Å². The molecule has 0 atom stereocenters. The Kier molecular flexibility index (Phi) is 3.75. The molecule has 0 radical (unpaired) electrons. The first-order valence-corrected chi connectivity index (χ1v) is 13.2. The van der Waals surface area contributed by atoms with Gasteiger partial charge in [-0.15, -0.1) is 5.10 Å². The number of hydrogen-bond acceptors (Lipinski definition) is 2. The summed E-state index contributed by atoms with van der Waals surface area (Å²) >= 11 is 0. The van der Waals surface area contributed by atoms with Gasteiger partial charge in [0.15, 0.2) is 0 Å². The van der Waals surface area contributed by atoms with Crippen molar-refractivity contribution in [2.75, 3.05) is 0 Å². The average Bonchev–Trinajstić information content (AvgIpc) is 3.43. The monoisotopic (exact) mass is 480 g/mol. The summed E-state index contributed by atoms with van der Waals surface area (Å²) in [6.45, 7) is 13.8. The molecule has 37 heavy (non-hydrogen) atoms. The van der Waals surface area contributed by atoms with E-state index in [1.165, 1.54) is 60.7 Å². The van der Waals surface area contributed by atoms with E-state index in [0.29, 0.717) is 0 Å². The summed E-state index contributed by atoms with van der Waals surface area (Å²) in [6.07, 6.45) is 0. The number of hydrogen-bond donors (Lipinski definition) is 0. The highest BCUT2D eigenvalue weighted by molar-refractivity contribution is 6.89. The van der Waals surface area contributed by atoms with Crippen LogP contribution in [-0.2, 0) is 10.8 Å². The number of fused-ring (bicyclic) bond motifs is 7. The molecule has 0 unspecified atom stereocenters. The van der Waals surface area contributed by atoms with Crippen LogP contribution >= 0.6 is 0 Å². The topological polar surface area (TPSA) is 35.6 Å². The molecule has 0 saturated carbocycles. The van der Waals surface area contributed by atoms with Crippen LogP contribution in [0.2, 0.25) is 0 Å². The molecular formula is C32H29BN4. The number of benzene rings is 4. The Labute approximate surface area is 217 Å². The van der Waals surface area contributed by atoms with E-state index in [1.54, 1.807) is 0 Å². The second kappa shape index (κ2) is 6.52. The van der Waals surface area contributed by atoms with Gasteiger partial charge in [-0.3, -0.25) is 4.59 Å². The maximum atomic E-state index is 4.76. The van der Waals surface area contributed by atoms with Gasteiger partial charge in [0.25, 0.3) is 0 Å². The Morgan fingerprint density at radius 1 is 0.703 bits per heavy atom. The molecule has 8 rings (SSSR count). The summed E-state index contributed by atoms with van der Waals surface area (Å²) in [5.74, 6) is 0. The van der Waals surface area contributed by atoms with E-state index in [0.717, 1.165) is 11.0 Å². The van der Waals surface area contributed by atoms with Crippen LogP contribution in [-0.4, -0.2) is 26.3 Å². The van der Waals surface area contributed by atoms with Gasteiger partial charge in [-0.1, -0.05) is 83.2 Å². The molecule has 4 heterocycles. The summed E-state index contributed by atoms with van der Waals surface area (Å²) in [4.78, 5) is 0. The zero-order valence-corrected chi connectivity index (χ0v) is 22.2. The molecule has 5 heteroatoms. The predicted molar refractivity (Wildman–Crippen MR) is 155 cm³/mol. The van der Waals surface area contributed by atoms with E-state index in [2.05, 4.69) is 123 Å². The summed E-state index contributed by atoms with van der Waals surface area (Å²) in [6, 6.07) is 25.1. The second-order valence-corrected chi connectivity index (χ2v) is 12.9. The molecule has 0 spiro atoms. The third-order valence-electron chi connectivity index (χ3n) is 8.54. The standard InChI is InChI=1S/C32H29BN4/c1-31(2,3)18-13-14-26-22(15-18)23-16-19(32(4,5)6)17-24-29(23)36(26)27-12-8-9-20-21-10-7-11-25-30(21)37(35-34-25)33(24)28(20)27/h7-17H,1-6H3. The summed E-state index contributed by atoms with van der Waals surface area (Å²) in [5.41, 5.74) is 13.9. The van der Waals surface area contributed by atoms with Crippen LogP contribution in [0.25, 0.3) is 49.7 Å². The fraction of sp³-hybridized carbons (Fsp3) is 0.250. The third-order valence-corrected chi connectivity index (χ3v) is 8.54. The highest BCUT2D eigenvalue weighted by atomic mass is 15.4.